The summed E-state index contributed by atoms with van der Waals surface area (Å²) in [6, 6.07) is 10.4. The fourth-order valence-electron chi connectivity index (χ4n) is 4.74. The first-order valence-corrected chi connectivity index (χ1v) is 12.3. The molecule has 0 atom stereocenters. The molecule has 35 heavy (non-hydrogen) atoms. The first-order chi connectivity index (χ1) is 17.1. The number of amides is 1. The molecule has 4 aromatic rings. The molecular formula is C27H29N7O. The van der Waals surface area contributed by atoms with Crippen LogP contribution in [0.25, 0.3) is 22.2 Å². The third-order valence-electron chi connectivity index (χ3n) is 6.89. The van der Waals surface area contributed by atoms with Gasteiger partial charge in [-0.1, -0.05) is 6.07 Å². The second-order valence-electron chi connectivity index (χ2n) is 9.64. The molecule has 0 spiro atoms. The highest BCUT2D eigenvalue weighted by atomic mass is 16.2. The number of carbonyl (C=O) groups excluding carboxylic acids is 1. The molecule has 0 radical (unpaired) electrons. The number of nitrogens with one attached hydrogen (secondary N) is 1. The summed E-state index contributed by atoms with van der Waals surface area (Å²) in [5.74, 6) is 2.33. The molecule has 1 N–H and O–H groups in total. The van der Waals surface area contributed by atoms with Gasteiger partial charge in [-0.3, -0.25) is 14.7 Å². The van der Waals surface area contributed by atoms with Crippen molar-refractivity contribution in [3.63, 3.8) is 0 Å². The van der Waals surface area contributed by atoms with E-state index in [1.165, 1.54) is 5.56 Å². The molecule has 178 valence electrons. The Morgan fingerprint density at radius 3 is 2.57 bits per heavy atom. The summed E-state index contributed by atoms with van der Waals surface area (Å²) in [6.45, 7) is 6.28. The number of piperazine rings is 1. The number of fused-ring (bicyclic) bond motifs is 1. The van der Waals surface area contributed by atoms with Crippen molar-refractivity contribution in [2.75, 3.05) is 26.2 Å². The summed E-state index contributed by atoms with van der Waals surface area (Å²) in [4.78, 5) is 38.2. The molecule has 1 saturated heterocycles. The SMILES string of the molecule is Cc1ncc(-c2ccc3nc(Cc4cc(CN5CCN(C(=O)C6CC6)CC5)ccn4)[nH]c3c2)cn1. The van der Waals surface area contributed by atoms with E-state index in [1.807, 2.05) is 36.5 Å². The van der Waals surface area contributed by atoms with Crippen LogP contribution >= 0.6 is 0 Å². The molecule has 0 unspecified atom stereocenters. The first-order valence-electron chi connectivity index (χ1n) is 12.3. The van der Waals surface area contributed by atoms with Gasteiger partial charge in [0, 0.05) is 74.9 Å². The number of imidazole rings is 1. The summed E-state index contributed by atoms with van der Waals surface area (Å²) in [5.41, 5.74) is 6.22. The van der Waals surface area contributed by atoms with Gasteiger partial charge in [0.15, 0.2) is 0 Å². The Kier molecular flexibility index (Phi) is 5.74. The lowest BCUT2D eigenvalue weighted by Gasteiger charge is -2.35. The summed E-state index contributed by atoms with van der Waals surface area (Å²) in [5, 5.41) is 0. The molecule has 1 amide bonds. The third kappa shape index (κ3) is 4.93. The van der Waals surface area contributed by atoms with Crippen molar-refractivity contribution < 1.29 is 4.79 Å². The van der Waals surface area contributed by atoms with E-state index < -0.39 is 0 Å². The van der Waals surface area contributed by atoms with E-state index >= 15 is 0 Å². The molecule has 8 heteroatoms. The van der Waals surface area contributed by atoms with E-state index in [9.17, 15) is 4.79 Å². The standard InChI is InChI=1S/C27H29N7O/c1-18-29-15-22(16-30-18)21-4-5-24-25(13-21)32-26(31-24)14-23-12-19(6-7-28-23)17-33-8-10-34(11-9-33)27(35)20-2-3-20/h4-7,12-13,15-16,20H,2-3,8-11,14,17H2,1H3,(H,31,32). The number of nitrogens with zero attached hydrogens (tertiary/aromatic N) is 6. The molecular weight excluding hydrogens is 438 g/mol. The molecule has 1 aliphatic heterocycles. The van der Waals surface area contributed by atoms with Crippen LogP contribution in [-0.4, -0.2) is 66.8 Å². The zero-order chi connectivity index (χ0) is 23.8. The molecule has 8 nitrogen and oxygen atoms in total. The zero-order valence-corrected chi connectivity index (χ0v) is 19.9. The van der Waals surface area contributed by atoms with Gasteiger partial charge in [-0.05, 0) is 55.2 Å². The van der Waals surface area contributed by atoms with E-state index in [1.54, 1.807) is 0 Å². The van der Waals surface area contributed by atoms with E-state index in [4.69, 9.17) is 4.98 Å². The van der Waals surface area contributed by atoms with Crippen LogP contribution in [0.3, 0.4) is 0 Å². The van der Waals surface area contributed by atoms with Crippen molar-refractivity contribution in [3.8, 4) is 11.1 Å². The van der Waals surface area contributed by atoms with Crippen LogP contribution in [-0.2, 0) is 17.8 Å². The fourth-order valence-corrected chi connectivity index (χ4v) is 4.74. The number of pyridine rings is 1. The summed E-state index contributed by atoms with van der Waals surface area (Å²) >= 11 is 0. The fraction of sp³-hybridized carbons (Fsp3) is 0.370. The van der Waals surface area contributed by atoms with Gasteiger partial charge < -0.3 is 9.88 Å². The highest BCUT2D eigenvalue weighted by Gasteiger charge is 2.34. The Morgan fingerprint density at radius 2 is 1.80 bits per heavy atom. The van der Waals surface area contributed by atoms with Crippen LogP contribution in [0.5, 0.6) is 0 Å². The van der Waals surface area contributed by atoms with Crippen molar-refractivity contribution >= 4 is 16.9 Å². The van der Waals surface area contributed by atoms with E-state index in [0.717, 1.165) is 85.1 Å². The molecule has 2 fully saturated rings. The van der Waals surface area contributed by atoms with E-state index in [-0.39, 0.29) is 0 Å². The van der Waals surface area contributed by atoms with Gasteiger partial charge in [-0.15, -0.1) is 0 Å². The van der Waals surface area contributed by atoms with Crippen LogP contribution < -0.4 is 0 Å². The molecule has 1 saturated carbocycles. The van der Waals surface area contributed by atoms with Gasteiger partial charge in [0.05, 0.1) is 11.0 Å². The Morgan fingerprint density at radius 1 is 1.00 bits per heavy atom. The van der Waals surface area contributed by atoms with Crippen molar-refractivity contribution in [1.29, 1.82) is 0 Å². The predicted molar refractivity (Wildman–Crippen MR) is 133 cm³/mol. The van der Waals surface area contributed by atoms with Crippen molar-refractivity contribution in [1.82, 2.24) is 34.7 Å². The first kappa shape index (κ1) is 21.9. The maximum absolute atomic E-state index is 12.3. The quantitative estimate of drug-likeness (QED) is 0.468. The minimum absolute atomic E-state index is 0.311. The maximum atomic E-state index is 12.3. The number of aromatic amines is 1. The van der Waals surface area contributed by atoms with E-state index in [0.29, 0.717) is 18.2 Å². The molecule has 2 aliphatic rings. The number of rotatable bonds is 6. The van der Waals surface area contributed by atoms with Crippen LogP contribution in [0.15, 0.2) is 48.9 Å². The van der Waals surface area contributed by atoms with E-state index in [2.05, 4.69) is 49.1 Å². The average Bonchev–Trinajstić information content (AvgIpc) is 3.64. The van der Waals surface area contributed by atoms with Gasteiger partial charge >= 0.3 is 0 Å². The molecule has 3 aromatic heterocycles. The van der Waals surface area contributed by atoms with Crippen molar-refractivity contribution in [2.24, 2.45) is 5.92 Å². The van der Waals surface area contributed by atoms with Crippen LogP contribution in [0.2, 0.25) is 0 Å². The van der Waals surface area contributed by atoms with Gasteiger partial charge in [0.1, 0.15) is 11.6 Å². The van der Waals surface area contributed by atoms with Gasteiger partial charge in [-0.25, -0.2) is 15.0 Å². The normalized spacial score (nSPS) is 16.7. The molecule has 0 bridgehead atoms. The monoisotopic (exact) mass is 467 g/mol. The largest absolute Gasteiger partial charge is 0.342 e. The second-order valence-corrected chi connectivity index (χ2v) is 9.64. The molecule has 6 rings (SSSR count). The van der Waals surface area contributed by atoms with Crippen LogP contribution in [0, 0.1) is 12.8 Å². The number of aryl methyl sites for hydroxylation is 1. The highest BCUT2D eigenvalue weighted by Crippen LogP contribution is 2.31. The van der Waals surface area contributed by atoms with Gasteiger partial charge in [0.25, 0.3) is 0 Å². The van der Waals surface area contributed by atoms with Gasteiger partial charge in [-0.2, -0.15) is 0 Å². The molecule has 1 aliphatic carbocycles. The smallest absolute Gasteiger partial charge is 0.225 e. The highest BCUT2D eigenvalue weighted by molar-refractivity contribution is 5.82. The Hall–Kier alpha value is -3.65. The minimum atomic E-state index is 0.311. The predicted octanol–water partition coefficient (Wildman–Crippen LogP) is 3.37. The summed E-state index contributed by atoms with van der Waals surface area (Å²) in [6.07, 6.45) is 8.38. The zero-order valence-electron chi connectivity index (χ0n) is 19.9. The average molecular weight is 468 g/mol. The Bertz CT molecular complexity index is 1350. The maximum Gasteiger partial charge on any atom is 0.225 e. The topological polar surface area (TPSA) is 90.9 Å². The van der Waals surface area contributed by atoms with Crippen molar-refractivity contribution in [3.05, 3.63) is 71.8 Å². The lowest BCUT2D eigenvalue weighted by Crippen LogP contribution is -2.48. The molecule has 1 aromatic carbocycles. The van der Waals surface area contributed by atoms with Crippen LogP contribution in [0.4, 0.5) is 0 Å². The summed E-state index contributed by atoms with van der Waals surface area (Å²) in [7, 11) is 0. The third-order valence-corrected chi connectivity index (χ3v) is 6.89. The number of benzene rings is 1. The number of H-pyrrole nitrogens is 1. The second kappa shape index (κ2) is 9.19. The molecule has 4 heterocycles. The number of hydrogen-bond acceptors (Lipinski definition) is 6. The van der Waals surface area contributed by atoms with Gasteiger partial charge in [0.2, 0.25) is 5.91 Å². The van der Waals surface area contributed by atoms with Crippen LogP contribution in [0.1, 0.15) is 35.7 Å². The van der Waals surface area contributed by atoms with Crippen molar-refractivity contribution in [2.45, 2.75) is 32.7 Å². The Labute approximate surface area is 204 Å². The number of carbonyl (C=O) groups is 1. The Balaban J connectivity index is 1.11. The number of hydrogen-bond donors (Lipinski definition) is 1. The lowest BCUT2D eigenvalue weighted by atomic mass is 10.1. The minimum Gasteiger partial charge on any atom is -0.342 e. The number of aromatic nitrogens is 5. The lowest BCUT2D eigenvalue weighted by molar-refractivity contribution is -0.134. The summed E-state index contributed by atoms with van der Waals surface area (Å²) < 4.78 is 0.